The van der Waals surface area contributed by atoms with Crippen LogP contribution in [0.5, 0.6) is 0 Å². The number of nitrogens with zero attached hydrogens (tertiary/aromatic N) is 3. The van der Waals surface area contributed by atoms with Crippen LogP contribution in [0.15, 0.2) is 12.1 Å². The molecule has 0 bridgehead atoms. The van der Waals surface area contributed by atoms with Crippen molar-refractivity contribution >= 4 is 11.8 Å². The largest absolute Gasteiger partial charge is 0.340 e. The van der Waals surface area contributed by atoms with E-state index in [9.17, 15) is 9.59 Å². The average Bonchev–Trinajstić information content (AvgIpc) is 3.19. The molecule has 2 fully saturated rings. The van der Waals surface area contributed by atoms with Crippen LogP contribution in [0.3, 0.4) is 0 Å². The Kier molecular flexibility index (Phi) is 3.89. The van der Waals surface area contributed by atoms with Crippen molar-refractivity contribution in [2.75, 3.05) is 13.6 Å². The first kappa shape index (κ1) is 15.0. The number of amides is 2. The van der Waals surface area contributed by atoms with Crippen LogP contribution in [-0.4, -0.2) is 46.2 Å². The second-order valence-corrected chi connectivity index (χ2v) is 6.65. The van der Waals surface area contributed by atoms with E-state index in [2.05, 4.69) is 4.98 Å². The van der Waals surface area contributed by atoms with Gasteiger partial charge in [-0.15, -0.1) is 0 Å². The van der Waals surface area contributed by atoms with Gasteiger partial charge in [0.05, 0.1) is 18.2 Å². The molecule has 3 rings (SSSR count). The molecule has 1 saturated heterocycles. The number of pyridine rings is 1. The highest BCUT2D eigenvalue weighted by Gasteiger charge is 2.42. The topological polar surface area (TPSA) is 53.5 Å². The van der Waals surface area contributed by atoms with Crippen LogP contribution in [0.2, 0.25) is 0 Å². The lowest BCUT2D eigenvalue weighted by Crippen LogP contribution is -2.35. The summed E-state index contributed by atoms with van der Waals surface area (Å²) in [5.41, 5.74) is 3.02. The fourth-order valence-electron chi connectivity index (χ4n) is 3.27. The van der Waals surface area contributed by atoms with E-state index in [1.54, 1.807) is 11.9 Å². The highest BCUT2D eigenvalue weighted by atomic mass is 16.2. The van der Waals surface area contributed by atoms with Gasteiger partial charge < -0.3 is 9.80 Å². The van der Waals surface area contributed by atoms with Crippen molar-refractivity contribution in [3.05, 3.63) is 29.1 Å². The molecule has 0 radical (unpaired) electrons. The normalized spacial score (nSPS) is 21.3. The SMILES string of the molecule is Cc1cc(C)nc(CN(C)C(=O)C2CC(=O)N(C3CC3)C2)c1. The predicted molar refractivity (Wildman–Crippen MR) is 83.0 cm³/mol. The van der Waals surface area contributed by atoms with E-state index in [-0.39, 0.29) is 17.7 Å². The number of hydrogen-bond donors (Lipinski definition) is 0. The van der Waals surface area contributed by atoms with Gasteiger partial charge in [0.25, 0.3) is 0 Å². The molecule has 5 heteroatoms. The maximum absolute atomic E-state index is 12.6. The predicted octanol–water partition coefficient (Wildman–Crippen LogP) is 1.67. The number of likely N-dealkylation sites (tertiary alicyclic amines) is 1. The smallest absolute Gasteiger partial charge is 0.228 e. The van der Waals surface area contributed by atoms with Crippen molar-refractivity contribution in [3.63, 3.8) is 0 Å². The molecule has 1 atom stereocenters. The fraction of sp³-hybridized carbons (Fsp3) is 0.588. The van der Waals surface area contributed by atoms with Crippen LogP contribution in [0, 0.1) is 19.8 Å². The zero-order valence-electron chi connectivity index (χ0n) is 13.5. The molecule has 0 N–H and O–H groups in total. The summed E-state index contributed by atoms with van der Waals surface area (Å²) < 4.78 is 0. The van der Waals surface area contributed by atoms with E-state index in [4.69, 9.17) is 0 Å². The van der Waals surface area contributed by atoms with Gasteiger partial charge in [0.1, 0.15) is 0 Å². The standard InChI is InChI=1S/C17H23N3O2/c1-11-6-12(2)18-14(7-11)10-19(3)17(22)13-8-16(21)20(9-13)15-4-5-15/h6-7,13,15H,4-5,8-10H2,1-3H3. The monoisotopic (exact) mass is 301 g/mol. The molecule has 1 aromatic heterocycles. The molecule has 1 saturated carbocycles. The Hall–Kier alpha value is -1.91. The van der Waals surface area contributed by atoms with Gasteiger partial charge >= 0.3 is 0 Å². The van der Waals surface area contributed by atoms with Gasteiger partial charge in [0.15, 0.2) is 0 Å². The third-order valence-electron chi connectivity index (χ3n) is 4.42. The Morgan fingerprint density at radius 1 is 1.36 bits per heavy atom. The quantitative estimate of drug-likeness (QED) is 0.850. The van der Waals surface area contributed by atoms with Crippen LogP contribution in [-0.2, 0) is 16.1 Å². The van der Waals surface area contributed by atoms with E-state index in [1.165, 1.54) is 0 Å². The summed E-state index contributed by atoms with van der Waals surface area (Å²) in [5, 5.41) is 0. The van der Waals surface area contributed by atoms with E-state index in [0.29, 0.717) is 25.6 Å². The van der Waals surface area contributed by atoms with Gasteiger partial charge in [0, 0.05) is 31.7 Å². The summed E-state index contributed by atoms with van der Waals surface area (Å²) in [6.07, 6.45) is 2.55. The number of hydrogen-bond acceptors (Lipinski definition) is 3. The first-order chi connectivity index (χ1) is 10.4. The Labute approximate surface area is 131 Å². The van der Waals surface area contributed by atoms with Crippen LogP contribution < -0.4 is 0 Å². The Balaban J connectivity index is 1.63. The molecule has 1 aromatic rings. The van der Waals surface area contributed by atoms with Crippen molar-refractivity contribution in [1.82, 2.24) is 14.8 Å². The number of aromatic nitrogens is 1. The van der Waals surface area contributed by atoms with Gasteiger partial charge in [-0.1, -0.05) is 0 Å². The van der Waals surface area contributed by atoms with Crippen molar-refractivity contribution in [2.24, 2.45) is 5.92 Å². The lowest BCUT2D eigenvalue weighted by atomic mass is 10.1. The van der Waals surface area contributed by atoms with E-state index in [1.807, 2.05) is 30.9 Å². The minimum Gasteiger partial charge on any atom is -0.340 e. The summed E-state index contributed by atoms with van der Waals surface area (Å²) in [6, 6.07) is 4.43. The number of carbonyl (C=O) groups excluding carboxylic acids is 2. The second kappa shape index (κ2) is 5.71. The third kappa shape index (κ3) is 3.13. The molecule has 2 amide bonds. The molecule has 1 unspecified atom stereocenters. The second-order valence-electron chi connectivity index (χ2n) is 6.65. The highest BCUT2D eigenvalue weighted by Crippen LogP contribution is 2.33. The fourth-order valence-corrected chi connectivity index (χ4v) is 3.27. The molecule has 0 aromatic carbocycles. The summed E-state index contributed by atoms with van der Waals surface area (Å²) in [5.74, 6) is 0.000223. The molecule has 1 aliphatic heterocycles. The van der Waals surface area contributed by atoms with Gasteiger partial charge in [-0.25, -0.2) is 0 Å². The van der Waals surface area contributed by atoms with Crippen molar-refractivity contribution in [2.45, 2.75) is 45.7 Å². The summed E-state index contributed by atoms with van der Waals surface area (Å²) in [4.78, 5) is 32.6. The summed E-state index contributed by atoms with van der Waals surface area (Å²) >= 11 is 0. The first-order valence-electron chi connectivity index (χ1n) is 7.92. The number of aryl methyl sites for hydroxylation is 2. The minimum atomic E-state index is -0.191. The van der Waals surface area contributed by atoms with Gasteiger partial charge in [-0.3, -0.25) is 14.6 Å². The molecule has 1 aliphatic carbocycles. The lowest BCUT2D eigenvalue weighted by molar-refractivity contribution is -0.135. The third-order valence-corrected chi connectivity index (χ3v) is 4.42. The number of carbonyl (C=O) groups is 2. The van der Waals surface area contributed by atoms with Crippen molar-refractivity contribution in [3.8, 4) is 0 Å². The maximum Gasteiger partial charge on any atom is 0.228 e. The zero-order valence-corrected chi connectivity index (χ0v) is 13.5. The molecule has 118 valence electrons. The van der Waals surface area contributed by atoms with Gasteiger partial charge in [0.2, 0.25) is 11.8 Å². The van der Waals surface area contributed by atoms with E-state index in [0.717, 1.165) is 29.8 Å². The van der Waals surface area contributed by atoms with Crippen molar-refractivity contribution < 1.29 is 9.59 Å². The minimum absolute atomic E-state index is 0.0532. The highest BCUT2D eigenvalue weighted by molar-refractivity contribution is 5.89. The molecule has 0 spiro atoms. The summed E-state index contributed by atoms with van der Waals surface area (Å²) in [6.45, 7) is 5.08. The average molecular weight is 301 g/mol. The molecule has 5 nitrogen and oxygen atoms in total. The molecular weight excluding hydrogens is 278 g/mol. The maximum atomic E-state index is 12.6. The Morgan fingerprint density at radius 3 is 2.73 bits per heavy atom. The number of rotatable bonds is 4. The van der Waals surface area contributed by atoms with E-state index >= 15 is 0 Å². The Morgan fingerprint density at radius 2 is 2.09 bits per heavy atom. The molecule has 2 aliphatic rings. The Bertz CT molecular complexity index is 590. The molecule has 22 heavy (non-hydrogen) atoms. The molecule has 2 heterocycles. The van der Waals surface area contributed by atoms with Crippen molar-refractivity contribution in [1.29, 1.82) is 0 Å². The zero-order chi connectivity index (χ0) is 15.9. The first-order valence-corrected chi connectivity index (χ1v) is 7.92. The van der Waals surface area contributed by atoms with Crippen LogP contribution in [0.1, 0.15) is 36.2 Å². The summed E-state index contributed by atoms with van der Waals surface area (Å²) in [7, 11) is 1.80. The lowest BCUT2D eigenvalue weighted by Gasteiger charge is -2.21. The van der Waals surface area contributed by atoms with Crippen LogP contribution in [0.4, 0.5) is 0 Å². The van der Waals surface area contributed by atoms with Crippen LogP contribution in [0.25, 0.3) is 0 Å². The van der Waals surface area contributed by atoms with Gasteiger partial charge in [-0.2, -0.15) is 0 Å². The van der Waals surface area contributed by atoms with Crippen LogP contribution >= 0.6 is 0 Å². The van der Waals surface area contributed by atoms with Gasteiger partial charge in [-0.05, 0) is 44.4 Å². The van der Waals surface area contributed by atoms with E-state index < -0.39 is 0 Å². The molecular formula is C17H23N3O2.